The predicted molar refractivity (Wildman–Crippen MR) is 196 cm³/mol. The van der Waals surface area contributed by atoms with Crippen LogP contribution in [0.2, 0.25) is 0 Å². The number of aliphatic hydroxyl groups is 1. The number of rotatable bonds is 35. The molecule has 0 heterocycles. The van der Waals surface area contributed by atoms with Crippen LogP contribution in [0.5, 0.6) is 0 Å². The Labute approximate surface area is 285 Å². The van der Waals surface area contributed by atoms with Crippen LogP contribution in [0, 0.1) is 0 Å². The van der Waals surface area contributed by atoms with Crippen LogP contribution in [0.15, 0.2) is 36.5 Å². The molecule has 0 aliphatic rings. The summed E-state index contributed by atoms with van der Waals surface area (Å²) in [7, 11) is 0. The Hall–Kier alpha value is -1.88. The normalized spacial score (nSPS) is 12.5. The summed E-state index contributed by atoms with van der Waals surface area (Å²) in [4.78, 5) is 24.1. The van der Waals surface area contributed by atoms with Crippen molar-refractivity contribution >= 4 is 11.9 Å². The van der Waals surface area contributed by atoms with Gasteiger partial charge in [-0.2, -0.15) is 0 Å². The maximum atomic E-state index is 12.1. The smallest absolute Gasteiger partial charge is 0.306 e. The Morgan fingerprint density at radius 2 is 0.870 bits per heavy atom. The van der Waals surface area contributed by atoms with Crippen LogP contribution in [0.3, 0.4) is 0 Å². The summed E-state index contributed by atoms with van der Waals surface area (Å²) in [5.74, 6) is -0.600. The topological polar surface area (TPSA) is 72.8 Å². The van der Waals surface area contributed by atoms with E-state index in [0.717, 1.165) is 51.4 Å². The van der Waals surface area contributed by atoms with Crippen molar-refractivity contribution in [3.05, 3.63) is 36.5 Å². The standard InChI is InChI=1S/C41H74O5/c1-3-5-7-9-11-12-13-14-15-16-17-18-19-20-21-22-23-24-25-26-27-28-30-32-34-36-41(44)46-39(37-42)38-45-40(43)35-33-31-29-10-8-6-4-2/h13-14,16-17,19-20,39,42H,3-12,15,18,21-38H2,1-2H3/b14-13-,17-16-,20-19-. The van der Waals surface area contributed by atoms with Crippen molar-refractivity contribution in [3.63, 3.8) is 0 Å². The summed E-state index contributed by atoms with van der Waals surface area (Å²) in [5.41, 5.74) is 0. The first-order chi connectivity index (χ1) is 22.6. The lowest BCUT2D eigenvalue weighted by Gasteiger charge is -2.15. The van der Waals surface area contributed by atoms with Crippen LogP contribution in [0.4, 0.5) is 0 Å². The van der Waals surface area contributed by atoms with Crippen molar-refractivity contribution in [2.45, 2.75) is 200 Å². The molecule has 0 aromatic rings. The molecule has 0 rings (SSSR count). The number of carbonyl (C=O) groups is 2. The second-order valence-corrected chi connectivity index (χ2v) is 13.0. The molecule has 1 unspecified atom stereocenters. The molecule has 0 saturated carbocycles. The number of hydrogen-bond acceptors (Lipinski definition) is 5. The highest BCUT2D eigenvalue weighted by Gasteiger charge is 2.16. The third-order valence-electron chi connectivity index (χ3n) is 8.44. The van der Waals surface area contributed by atoms with Gasteiger partial charge in [0.05, 0.1) is 6.61 Å². The van der Waals surface area contributed by atoms with E-state index in [1.807, 2.05) is 0 Å². The van der Waals surface area contributed by atoms with Crippen molar-refractivity contribution < 1.29 is 24.2 Å². The first-order valence-corrected chi connectivity index (χ1v) is 19.5. The van der Waals surface area contributed by atoms with Crippen LogP contribution >= 0.6 is 0 Å². The minimum absolute atomic E-state index is 0.0660. The summed E-state index contributed by atoms with van der Waals surface area (Å²) >= 11 is 0. The van der Waals surface area contributed by atoms with E-state index in [0.29, 0.717) is 12.8 Å². The number of esters is 2. The molecule has 1 N–H and O–H groups in total. The predicted octanol–water partition coefficient (Wildman–Crippen LogP) is 12.1. The molecule has 268 valence electrons. The van der Waals surface area contributed by atoms with Gasteiger partial charge in [-0.05, 0) is 51.4 Å². The molecule has 0 aliphatic heterocycles. The van der Waals surface area contributed by atoms with Gasteiger partial charge in [-0.15, -0.1) is 0 Å². The summed E-state index contributed by atoms with van der Waals surface area (Å²) in [6, 6.07) is 0. The summed E-state index contributed by atoms with van der Waals surface area (Å²) in [6.45, 7) is 4.07. The van der Waals surface area contributed by atoms with Gasteiger partial charge in [-0.1, -0.05) is 166 Å². The van der Waals surface area contributed by atoms with Crippen molar-refractivity contribution in [2.75, 3.05) is 13.2 Å². The van der Waals surface area contributed by atoms with Gasteiger partial charge in [0.25, 0.3) is 0 Å². The SMILES string of the molecule is CCCCCCC/C=C\C/C=C\C/C=C\CCCCCCCCCCCCC(=O)OC(CO)COC(=O)CCCCCCCCC. The second-order valence-electron chi connectivity index (χ2n) is 13.0. The molecule has 0 radical (unpaired) electrons. The fourth-order valence-corrected chi connectivity index (χ4v) is 5.44. The maximum Gasteiger partial charge on any atom is 0.306 e. The lowest BCUT2D eigenvalue weighted by atomic mass is 10.0. The number of carbonyl (C=O) groups excluding carboxylic acids is 2. The van der Waals surface area contributed by atoms with E-state index in [1.54, 1.807) is 0 Å². The minimum atomic E-state index is -0.768. The van der Waals surface area contributed by atoms with Crippen molar-refractivity contribution in [3.8, 4) is 0 Å². The maximum absolute atomic E-state index is 12.1. The quantitative estimate of drug-likeness (QED) is 0.0421. The molecule has 0 aliphatic carbocycles. The molecule has 0 spiro atoms. The van der Waals surface area contributed by atoms with Gasteiger partial charge in [-0.3, -0.25) is 9.59 Å². The van der Waals surface area contributed by atoms with E-state index < -0.39 is 6.10 Å². The molecule has 0 saturated heterocycles. The van der Waals surface area contributed by atoms with E-state index in [4.69, 9.17) is 9.47 Å². The highest BCUT2D eigenvalue weighted by atomic mass is 16.6. The van der Waals surface area contributed by atoms with Crippen molar-refractivity contribution in [1.29, 1.82) is 0 Å². The molecule has 1 atom stereocenters. The van der Waals surface area contributed by atoms with Gasteiger partial charge < -0.3 is 14.6 Å². The fourth-order valence-electron chi connectivity index (χ4n) is 5.44. The molecule has 0 aromatic heterocycles. The van der Waals surface area contributed by atoms with Crippen LogP contribution in [-0.2, 0) is 19.1 Å². The Bertz CT molecular complexity index is 741. The number of aliphatic hydroxyl groups excluding tert-OH is 1. The van der Waals surface area contributed by atoms with Crippen LogP contribution in [0.1, 0.15) is 194 Å². The zero-order chi connectivity index (χ0) is 33.6. The third-order valence-corrected chi connectivity index (χ3v) is 8.44. The Kier molecular flexibility index (Phi) is 36.0. The van der Waals surface area contributed by atoms with Crippen LogP contribution in [0.25, 0.3) is 0 Å². The Morgan fingerprint density at radius 3 is 1.30 bits per heavy atom. The molecule has 0 fully saturated rings. The lowest BCUT2D eigenvalue weighted by Crippen LogP contribution is -2.28. The van der Waals surface area contributed by atoms with E-state index in [9.17, 15) is 14.7 Å². The highest BCUT2D eigenvalue weighted by Crippen LogP contribution is 2.13. The zero-order valence-corrected chi connectivity index (χ0v) is 30.3. The molecule has 0 bridgehead atoms. The van der Waals surface area contributed by atoms with Gasteiger partial charge in [0.15, 0.2) is 6.10 Å². The van der Waals surface area contributed by atoms with Gasteiger partial charge >= 0.3 is 11.9 Å². The van der Waals surface area contributed by atoms with Crippen molar-refractivity contribution in [2.24, 2.45) is 0 Å². The zero-order valence-electron chi connectivity index (χ0n) is 30.3. The summed E-state index contributed by atoms with van der Waals surface area (Å²) in [5, 5.41) is 9.50. The van der Waals surface area contributed by atoms with Crippen LogP contribution < -0.4 is 0 Å². The van der Waals surface area contributed by atoms with E-state index in [1.165, 1.54) is 116 Å². The van der Waals surface area contributed by atoms with E-state index in [-0.39, 0.29) is 25.2 Å². The van der Waals surface area contributed by atoms with E-state index >= 15 is 0 Å². The number of allylic oxidation sites excluding steroid dienone is 6. The summed E-state index contributed by atoms with van der Waals surface area (Å²) < 4.78 is 10.5. The largest absolute Gasteiger partial charge is 0.462 e. The molecule has 5 heteroatoms. The van der Waals surface area contributed by atoms with Gasteiger partial charge in [0.2, 0.25) is 0 Å². The molecule has 5 nitrogen and oxygen atoms in total. The highest BCUT2D eigenvalue weighted by molar-refractivity contribution is 5.70. The van der Waals surface area contributed by atoms with Gasteiger partial charge in [-0.25, -0.2) is 0 Å². The summed E-state index contributed by atoms with van der Waals surface area (Å²) in [6.07, 6.45) is 45.1. The molecule has 0 aromatic carbocycles. The first kappa shape index (κ1) is 44.1. The first-order valence-electron chi connectivity index (χ1n) is 19.5. The number of unbranched alkanes of at least 4 members (excludes halogenated alkanes) is 21. The number of hydrogen-bond donors (Lipinski definition) is 1. The molecular formula is C41H74O5. The lowest BCUT2D eigenvalue weighted by molar-refractivity contribution is -0.161. The van der Waals surface area contributed by atoms with Crippen molar-refractivity contribution in [1.82, 2.24) is 0 Å². The van der Waals surface area contributed by atoms with E-state index in [2.05, 4.69) is 50.3 Å². The molecular weight excluding hydrogens is 572 g/mol. The molecule has 46 heavy (non-hydrogen) atoms. The average Bonchev–Trinajstić information content (AvgIpc) is 3.06. The molecule has 0 amide bonds. The Balaban J connectivity index is 3.51. The number of ether oxygens (including phenoxy) is 2. The minimum Gasteiger partial charge on any atom is -0.462 e. The second kappa shape index (κ2) is 37.6. The third kappa shape index (κ3) is 35.0. The fraction of sp³-hybridized carbons (Fsp3) is 0.805. The Morgan fingerprint density at radius 1 is 0.500 bits per heavy atom. The average molecular weight is 647 g/mol. The monoisotopic (exact) mass is 647 g/mol. The van der Waals surface area contributed by atoms with Gasteiger partial charge in [0.1, 0.15) is 6.61 Å². The van der Waals surface area contributed by atoms with Crippen LogP contribution in [-0.4, -0.2) is 36.4 Å². The van der Waals surface area contributed by atoms with Gasteiger partial charge in [0, 0.05) is 12.8 Å².